The van der Waals surface area contributed by atoms with Crippen molar-refractivity contribution in [2.24, 2.45) is 0 Å². The number of hydrogen-bond donors (Lipinski definition) is 1. The van der Waals surface area contributed by atoms with Crippen LogP contribution in [0.4, 0.5) is 5.13 Å². The third-order valence-corrected chi connectivity index (χ3v) is 5.30. The Morgan fingerprint density at radius 2 is 1.87 bits per heavy atom. The van der Waals surface area contributed by atoms with Crippen LogP contribution in [-0.4, -0.2) is 31.2 Å². The predicted molar refractivity (Wildman–Crippen MR) is 124 cm³/mol. The highest BCUT2D eigenvalue weighted by molar-refractivity contribution is 7.14. The van der Waals surface area contributed by atoms with Crippen LogP contribution in [0.2, 0.25) is 0 Å². The van der Waals surface area contributed by atoms with E-state index < -0.39 is 0 Å². The molecule has 164 valence electrons. The summed E-state index contributed by atoms with van der Waals surface area (Å²) in [5.74, 6) is 2.16. The molecule has 1 heterocycles. The Labute approximate surface area is 187 Å². The van der Waals surface area contributed by atoms with Gasteiger partial charge in [-0.25, -0.2) is 4.98 Å². The summed E-state index contributed by atoms with van der Waals surface area (Å²) in [7, 11) is 1.61. The van der Waals surface area contributed by atoms with Gasteiger partial charge >= 0.3 is 0 Å². The molecule has 0 bridgehead atoms. The van der Waals surface area contributed by atoms with E-state index in [-0.39, 0.29) is 5.91 Å². The van der Waals surface area contributed by atoms with Crippen LogP contribution in [0.25, 0.3) is 11.3 Å². The van der Waals surface area contributed by atoms with Crippen LogP contribution in [0.1, 0.15) is 32.3 Å². The van der Waals surface area contributed by atoms with E-state index >= 15 is 0 Å². The van der Waals surface area contributed by atoms with Gasteiger partial charge in [-0.1, -0.05) is 13.0 Å². The van der Waals surface area contributed by atoms with Crippen molar-refractivity contribution < 1.29 is 19.0 Å². The molecule has 2 aromatic carbocycles. The Morgan fingerprint density at radius 1 is 1.06 bits per heavy atom. The number of methoxy groups -OCH3 is 1. The van der Waals surface area contributed by atoms with Crippen LogP contribution in [0.5, 0.6) is 17.2 Å². The van der Waals surface area contributed by atoms with Crippen LogP contribution >= 0.6 is 11.3 Å². The van der Waals surface area contributed by atoms with Crippen molar-refractivity contribution in [1.82, 2.24) is 4.98 Å². The van der Waals surface area contributed by atoms with E-state index in [0.29, 0.717) is 42.7 Å². The first-order valence-corrected chi connectivity index (χ1v) is 11.3. The number of carbonyl (C=O) groups excluding carboxylic acids is 1. The van der Waals surface area contributed by atoms with Gasteiger partial charge in [-0.05, 0) is 61.7 Å². The van der Waals surface area contributed by atoms with Crippen LogP contribution in [-0.2, 0) is 11.2 Å². The quantitative estimate of drug-likeness (QED) is 0.422. The summed E-state index contributed by atoms with van der Waals surface area (Å²) in [6.45, 7) is 5.29. The van der Waals surface area contributed by atoms with Crippen molar-refractivity contribution in [3.8, 4) is 28.5 Å². The molecule has 3 rings (SSSR count). The molecule has 0 aliphatic rings. The summed E-state index contributed by atoms with van der Waals surface area (Å²) in [6.07, 6.45) is 1.94. The van der Waals surface area contributed by atoms with Crippen LogP contribution in [0, 0.1) is 0 Å². The van der Waals surface area contributed by atoms with Crippen LogP contribution < -0.4 is 19.5 Å². The first-order chi connectivity index (χ1) is 15.1. The minimum atomic E-state index is -0.0722. The van der Waals surface area contributed by atoms with Gasteiger partial charge < -0.3 is 19.5 Å². The van der Waals surface area contributed by atoms with Gasteiger partial charge in [-0.15, -0.1) is 11.3 Å². The van der Waals surface area contributed by atoms with Crippen molar-refractivity contribution in [2.75, 3.05) is 25.6 Å². The zero-order valence-corrected chi connectivity index (χ0v) is 19.0. The lowest BCUT2D eigenvalue weighted by Gasteiger charge is -2.10. The van der Waals surface area contributed by atoms with E-state index in [1.165, 1.54) is 11.3 Å². The second kappa shape index (κ2) is 11.4. The lowest BCUT2D eigenvalue weighted by atomic mass is 10.1. The van der Waals surface area contributed by atoms with E-state index in [1.807, 2.05) is 54.8 Å². The average Bonchev–Trinajstić information content (AvgIpc) is 3.25. The van der Waals surface area contributed by atoms with E-state index in [1.54, 1.807) is 7.11 Å². The third kappa shape index (κ3) is 6.46. The Hall–Kier alpha value is -3.06. The Kier molecular flexibility index (Phi) is 8.29. The number of hydrogen-bond acceptors (Lipinski definition) is 6. The van der Waals surface area contributed by atoms with Gasteiger partial charge in [0, 0.05) is 17.4 Å². The molecule has 3 aromatic rings. The summed E-state index contributed by atoms with van der Waals surface area (Å²) in [4.78, 5) is 16.9. The number of ether oxygens (including phenoxy) is 3. The molecular weight excluding hydrogens is 412 g/mol. The third-order valence-electron chi connectivity index (χ3n) is 4.54. The van der Waals surface area contributed by atoms with Crippen molar-refractivity contribution in [3.05, 3.63) is 53.4 Å². The number of aryl methyl sites for hydroxylation is 1. The van der Waals surface area contributed by atoms with Crippen molar-refractivity contribution in [1.29, 1.82) is 0 Å². The van der Waals surface area contributed by atoms with E-state index in [0.717, 1.165) is 29.0 Å². The summed E-state index contributed by atoms with van der Waals surface area (Å²) >= 11 is 1.42. The average molecular weight is 441 g/mol. The molecule has 1 aromatic heterocycles. The van der Waals surface area contributed by atoms with Gasteiger partial charge in [0.1, 0.15) is 5.75 Å². The number of nitrogens with zero attached hydrogens (tertiary/aromatic N) is 1. The van der Waals surface area contributed by atoms with Gasteiger partial charge in [0.25, 0.3) is 0 Å². The molecule has 1 amide bonds. The van der Waals surface area contributed by atoms with Gasteiger partial charge in [-0.3, -0.25) is 4.79 Å². The fraction of sp³-hybridized carbons (Fsp3) is 0.333. The molecule has 6 nitrogen and oxygen atoms in total. The zero-order chi connectivity index (χ0) is 22.1. The highest BCUT2D eigenvalue weighted by Crippen LogP contribution is 2.29. The summed E-state index contributed by atoms with van der Waals surface area (Å²) in [5.41, 5.74) is 2.83. The molecule has 0 aliphatic carbocycles. The maximum Gasteiger partial charge on any atom is 0.226 e. The highest BCUT2D eigenvalue weighted by Gasteiger charge is 2.10. The summed E-state index contributed by atoms with van der Waals surface area (Å²) < 4.78 is 16.5. The smallest absolute Gasteiger partial charge is 0.226 e. The van der Waals surface area contributed by atoms with E-state index in [4.69, 9.17) is 14.2 Å². The second-order valence-corrected chi connectivity index (χ2v) is 7.74. The Balaban J connectivity index is 1.54. The molecule has 0 unspecified atom stereocenters. The minimum Gasteiger partial charge on any atom is -0.494 e. The topological polar surface area (TPSA) is 69.7 Å². The molecule has 7 heteroatoms. The maximum absolute atomic E-state index is 12.4. The van der Waals surface area contributed by atoms with Crippen molar-refractivity contribution >= 4 is 22.4 Å². The number of benzene rings is 2. The highest BCUT2D eigenvalue weighted by atomic mass is 32.1. The van der Waals surface area contributed by atoms with Crippen molar-refractivity contribution in [2.45, 2.75) is 33.1 Å². The largest absolute Gasteiger partial charge is 0.494 e. The molecule has 1 N–H and O–H groups in total. The Morgan fingerprint density at radius 3 is 2.58 bits per heavy atom. The molecule has 0 spiro atoms. The lowest BCUT2D eigenvalue weighted by Crippen LogP contribution is -2.12. The lowest BCUT2D eigenvalue weighted by molar-refractivity contribution is -0.116. The molecular formula is C24H28N2O4S. The fourth-order valence-electron chi connectivity index (χ4n) is 2.99. The number of anilines is 1. The minimum absolute atomic E-state index is 0.0722. The molecule has 0 aliphatic heterocycles. The number of carbonyl (C=O) groups is 1. The summed E-state index contributed by atoms with van der Waals surface area (Å²) in [6, 6.07) is 13.6. The van der Waals surface area contributed by atoms with E-state index in [9.17, 15) is 4.79 Å². The first-order valence-electron chi connectivity index (χ1n) is 10.4. The van der Waals surface area contributed by atoms with Gasteiger partial charge in [0.05, 0.1) is 26.0 Å². The normalized spacial score (nSPS) is 10.5. The maximum atomic E-state index is 12.4. The molecule has 0 saturated carbocycles. The molecule has 0 fully saturated rings. The number of nitrogens with one attached hydrogen (secondary N) is 1. The fourth-order valence-corrected chi connectivity index (χ4v) is 3.72. The Bertz CT molecular complexity index is 985. The van der Waals surface area contributed by atoms with Crippen LogP contribution in [0.15, 0.2) is 47.8 Å². The summed E-state index contributed by atoms with van der Waals surface area (Å²) in [5, 5.41) is 5.42. The molecule has 0 radical (unpaired) electrons. The van der Waals surface area contributed by atoms with Crippen molar-refractivity contribution in [3.63, 3.8) is 0 Å². The van der Waals surface area contributed by atoms with Crippen LogP contribution in [0.3, 0.4) is 0 Å². The van der Waals surface area contributed by atoms with Gasteiger partial charge in [-0.2, -0.15) is 0 Å². The van der Waals surface area contributed by atoms with E-state index in [2.05, 4.69) is 17.2 Å². The standard InChI is InChI=1S/C24H28N2O4S/c1-4-14-30-19-10-8-18(9-11-19)20-16-31-24(25-20)26-23(27)13-7-17-6-12-21(29-5-2)22(15-17)28-3/h6,8-12,15-16H,4-5,7,13-14H2,1-3H3,(H,25,26,27). The number of thiazole rings is 1. The SMILES string of the molecule is CCCOc1ccc(-c2csc(NC(=O)CCc3ccc(OCC)c(OC)c3)n2)cc1. The molecule has 0 saturated heterocycles. The molecule has 0 atom stereocenters. The van der Waals surface area contributed by atoms with Gasteiger partial charge in [0.2, 0.25) is 5.91 Å². The first kappa shape index (κ1) is 22.6. The van der Waals surface area contributed by atoms with Gasteiger partial charge in [0.15, 0.2) is 16.6 Å². The molecule has 31 heavy (non-hydrogen) atoms. The monoisotopic (exact) mass is 440 g/mol. The number of rotatable bonds is 11. The second-order valence-electron chi connectivity index (χ2n) is 6.88. The predicted octanol–water partition coefficient (Wildman–Crippen LogP) is 5.58. The number of amides is 1. The number of aromatic nitrogens is 1. The zero-order valence-electron chi connectivity index (χ0n) is 18.1.